The lowest BCUT2D eigenvalue weighted by molar-refractivity contribution is 1.04. The van der Waals surface area contributed by atoms with Gasteiger partial charge in [0.2, 0.25) is 5.95 Å². The first-order chi connectivity index (χ1) is 11.2. The molecule has 0 saturated heterocycles. The van der Waals surface area contributed by atoms with Crippen LogP contribution < -0.4 is 10.6 Å². The van der Waals surface area contributed by atoms with Gasteiger partial charge in [-0.3, -0.25) is 0 Å². The number of halogens is 1. The smallest absolute Gasteiger partial charge is 0.228 e. The fourth-order valence-corrected chi connectivity index (χ4v) is 3.01. The Labute approximate surface area is 147 Å². The van der Waals surface area contributed by atoms with E-state index < -0.39 is 0 Å². The fourth-order valence-electron chi connectivity index (χ4n) is 1.91. The van der Waals surface area contributed by atoms with Crippen LogP contribution >= 0.6 is 27.7 Å². The van der Waals surface area contributed by atoms with Crippen LogP contribution in [0.3, 0.4) is 0 Å². The maximum absolute atomic E-state index is 4.44. The van der Waals surface area contributed by atoms with Crippen LogP contribution in [0.4, 0.5) is 23.1 Å². The lowest BCUT2D eigenvalue weighted by atomic mass is 10.3. The molecule has 2 aromatic heterocycles. The SMILES string of the molecule is CSc1nc(Nc2ccc(Nc3ccccn3)cc2)ncc1Br. The summed E-state index contributed by atoms with van der Waals surface area (Å²) in [5.41, 5.74) is 1.89. The topological polar surface area (TPSA) is 62.7 Å². The van der Waals surface area contributed by atoms with Gasteiger partial charge in [0.15, 0.2) is 0 Å². The highest BCUT2D eigenvalue weighted by Crippen LogP contribution is 2.25. The van der Waals surface area contributed by atoms with Crippen LogP contribution in [-0.2, 0) is 0 Å². The van der Waals surface area contributed by atoms with Gasteiger partial charge < -0.3 is 10.6 Å². The number of nitrogens with zero attached hydrogens (tertiary/aromatic N) is 3. The van der Waals surface area contributed by atoms with Crippen LogP contribution in [0.25, 0.3) is 0 Å². The third kappa shape index (κ3) is 4.20. The summed E-state index contributed by atoms with van der Waals surface area (Å²) in [6, 6.07) is 13.6. The van der Waals surface area contributed by atoms with Crippen LogP contribution in [0.1, 0.15) is 0 Å². The molecule has 2 heterocycles. The molecule has 0 amide bonds. The Morgan fingerprint density at radius 1 is 0.957 bits per heavy atom. The number of nitrogens with one attached hydrogen (secondary N) is 2. The second kappa shape index (κ2) is 7.43. The molecular formula is C16H14BrN5S. The summed E-state index contributed by atoms with van der Waals surface area (Å²) in [6.07, 6.45) is 5.49. The first kappa shape index (κ1) is 15.8. The molecule has 0 aliphatic heterocycles. The highest BCUT2D eigenvalue weighted by atomic mass is 79.9. The molecule has 0 unspecified atom stereocenters. The van der Waals surface area contributed by atoms with E-state index >= 15 is 0 Å². The van der Waals surface area contributed by atoms with Crippen molar-refractivity contribution in [1.29, 1.82) is 0 Å². The maximum Gasteiger partial charge on any atom is 0.228 e. The van der Waals surface area contributed by atoms with Crippen molar-refractivity contribution >= 4 is 50.8 Å². The van der Waals surface area contributed by atoms with Gasteiger partial charge in [-0.1, -0.05) is 6.07 Å². The molecular weight excluding hydrogens is 374 g/mol. The summed E-state index contributed by atoms with van der Waals surface area (Å²) >= 11 is 5.00. The molecule has 0 aliphatic carbocycles. The monoisotopic (exact) mass is 387 g/mol. The summed E-state index contributed by atoms with van der Waals surface area (Å²) < 4.78 is 0.894. The molecule has 3 rings (SSSR count). The van der Waals surface area contributed by atoms with Crippen LogP contribution in [-0.4, -0.2) is 21.2 Å². The van der Waals surface area contributed by atoms with Gasteiger partial charge in [0, 0.05) is 23.8 Å². The number of benzene rings is 1. The number of pyridine rings is 1. The Bertz CT molecular complexity index is 780. The molecule has 23 heavy (non-hydrogen) atoms. The molecule has 0 radical (unpaired) electrons. The minimum absolute atomic E-state index is 0.572. The van der Waals surface area contributed by atoms with E-state index in [2.05, 4.69) is 41.5 Å². The minimum Gasteiger partial charge on any atom is -0.340 e. The number of thioether (sulfide) groups is 1. The number of aromatic nitrogens is 3. The van der Waals surface area contributed by atoms with Crippen molar-refractivity contribution in [2.24, 2.45) is 0 Å². The summed E-state index contributed by atoms with van der Waals surface area (Å²) in [6.45, 7) is 0. The van der Waals surface area contributed by atoms with E-state index in [0.29, 0.717) is 5.95 Å². The first-order valence-electron chi connectivity index (χ1n) is 6.86. The summed E-state index contributed by atoms with van der Waals surface area (Å²) in [5.74, 6) is 1.39. The predicted molar refractivity (Wildman–Crippen MR) is 98.8 cm³/mol. The third-order valence-electron chi connectivity index (χ3n) is 2.98. The maximum atomic E-state index is 4.44. The Balaban J connectivity index is 1.70. The Hall–Kier alpha value is -2.12. The Morgan fingerprint density at radius 3 is 2.35 bits per heavy atom. The number of hydrogen-bond donors (Lipinski definition) is 2. The molecule has 7 heteroatoms. The Morgan fingerprint density at radius 2 is 1.70 bits per heavy atom. The van der Waals surface area contributed by atoms with Gasteiger partial charge in [0.25, 0.3) is 0 Å². The zero-order chi connectivity index (χ0) is 16.1. The van der Waals surface area contributed by atoms with Crippen LogP contribution in [0.5, 0.6) is 0 Å². The summed E-state index contributed by atoms with van der Waals surface area (Å²) in [7, 11) is 0. The van der Waals surface area contributed by atoms with E-state index in [1.165, 1.54) is 0 Å². The van der Waals surface area contributed by atoms with Gasteiger partial charge in [-0.2, -0.15) is 0 Å². The zero-order valence-corrected chi connectivity index (χ0v) is 14.7. The van der Waals surface area contributed by atoms with Crippen LogP contribution in [0.15, 0.2) is 64.4 Å². The number of rotatable bonds is 5. The highest BCUT2D eigenvalue weighted by Gasteiger charge is 2.04. The largest absolute Gasteiger partial charge is 0.340 e. The normalized spacial score (nSPS) is 10.3. The van der Waals surface area contributed by atoms with Crippen molar-refractivity contribution in [2.45, 2.75) is 5.03 Å². The average Bonchev–Trinajstić information content (AvgIpc) is 2.59. The molecule has 0 saturated carbocycles. The van der Waals surface area contributed by atoms with Crippen molar-refractivity contribution in [1.82, 2.24) is 15.0 Å². The molecule has 0 fully saturated rings. The second-order valence-corrected chi connectivity index (χ2v) is 6.24. The molecule has 2 N–H and O–H groups in total. The van der Waals surface area contributed by atoms with Gasteiger partial charge in [0.05, 0.1) is 4.47 Å². The lowest BCUT2D eigenvalue weighted by Crippen LogP contribution is -1.98. The number of hydrogen-bond acceptors (Lipinski definition) is 6. The summed E-state index contributed by atoms with van der Waals surface area (Å²) in [5, 5.41) is 7.34. The second-order valence-electron chi connectivity index (χ2n) is 4.59. The van der Waals surface area contributed by atoms with Crippen LogP contribution in [0.2, 0.25) is 0 Å². The molecule has 0 atom stereocenters. The van der Waals surface area contributed by atoms with Gasteiger partial charge in [-0.25, -0.2) is 15.0 Å². The molecule has 3 aromatic rings. The van der Waals surface area contributed by atoms with E-state index in [0.717, 1.165) is 26.7 Å². The van der Waals surface area contributed by atoms with E-state index in [1.54, 1.807) is 24.2 Å². The van der Waals surface area contributed by atoms with Gasteiger partial charge >= 0.3 is 0 Å². The van der Waals surface area contributed by atoms with Gasteiger partial charge in [-0.05, 0) is 58.6 Å². The van der Waals surface area contributed by atoms with E-state index in [9.17, 15) is 0 Å². The van der Waals surface area contributed by atoms with Crippen molar-refractivity contribution in [2.75, 3.05) is 16.9 Å². The predicted octanol–water partition coefficient (Wildman–Crippen LogP) is 4.84. The van der Waals surface area contributed by atoms with E-state index in [4.69, 9.17) is 0 Å². The standard InChI is InChI=1S/C16H14BrN5S/c1-23-15-13(17)10-19-16(22-15)21-12-7-5-11(6-8-12)20-14-4-2-3-9-18-14/h2-10H,1H3,(H,18,20)(H,19,21,22). The van der Waals surface area contributed by atoms with Crippen LogP contribution in [0, 0.1) is 0 Å². The van der Waals surface area contributed by atoms with Gasteiger partial charge in [0.1, 0.15) is 10.8 Å². The average molecular weight is 388 g/mol. The third-order valence-corrected chi connectivity index (χ3v) is 4.52. The molecule has 0 aliphatic rings. The van der Waals surface area contributed by atoms with E-state index in [1.807, 2.05) is 48.7 Å². The van der Waals surface area contributed by atoms with Crippen molar-refractivity contribution in [3.63, 3.8) is 0 Å². The summed E-state index contributed by atoms with van der Waals surface area (Å²) in [4.78, 5) is 12.9. The molecule has 1 aromatic carbocycles. The molecule has 116 valence electrons. The Kier molecular flexibility index (Phi) is 5.09. The molecule has 0 bridgehead atoms. The molecule has 5 nitrogen and oxygen atoms in total. The minimum atomic E-state index is 0.572. The first-order valence-corrected chi connectivity index (χ1v) is 8.88. The van der Waals surface area contributed by atoms with E-state index in [-0.39, 0.29) is 0 Å². The highest BCUT2D eigenvalue weighted by molar-refractivity contribution is 9.10. The van der Waals surface area contributed by atoms with Gasteiger partial charge in [-0.15, -0.1) is 11.8 Å². The van der Waals surface area contributed by atoms with Crippen molar-refractivity contribution < 1.29 is 0 Å². The van der Waals surface area contributed by atoms with Crippen molar-refractivity contribution in [3.8, 4) is 0 Å². The number of anilines is 4. The van der Waals surface area contributed by atoms with Crippen molar-refractivity contribution in [3.05, 3.63) is 59.3 Å². The zero-order valence-electron chi connectivity index (χ0n) is 12.3. The lowest BCUT2D eigenvalue weighted by Gasteiger charge is -2.09. The fraction of sp³-hybridized carbons (Fsp3) is 0.0625. The molecule has 0 spiro atoms. The quantitative estimate of drug-likeness (QED) is 0.482.